The van der Waals surface area contributed by atoms with Crippen LogP contribution in [-0.4, -0.2) is 36.4 Å². The summed E-state index contributed by atoms with van der Waals surface area (Å²) in [7, 11) is -3.74. The van der Waals surface area contributed by atoms with Crippen molar-refractivity contribution in [3.05, 3.63) is 27.1 Å². The molecule has 0 aliphatic carbocycles. The largest absolute Gasteiger partial charge is 0.481 e. The normalized spacial score (nSPS) is 12.1. The van der Waals surface area contributed by atoms with Crippen molar-refractivity contribution >= 4 is 47.9 Å². The molecule has 1 rings (SSSR count). The predicted molar refractivity (Wildman–Crippen MR) is 83.1 cm³/mol. The minimum absolute atomic E-state index is 0.0577. The summed E-state index contributed by atoms with van der Waals surface area (Å²) in [5, 5.41) is 8.73. The number of sulfonamides is 1. The summed E-state index contributed by atoms with van der Waals surface area (Å²) in [5.41, 5.74) is 0. The highest BCUT2D eigenvalue weighted by Crippen LogP contribution is 2.29. The van der Waals surface area contributed by atoms with Gasteiger partial charge in [0.1, 0.15) is 0 Å². The third-order valence-electron chi connectivity index (χ3n) is 2.60. The van der Waals surface area contributed by atoms with Gasteiger partial charge in [0.25, 0.3) is 0 Å². The Morgan fingerprint density at radius 3 is 2.40 bits per heavy atom. The number of nitrogens with zero attached hydrogens (tertiary/aromatic N) is 1. The third kappa shape index (κ3) is 4.28. The molecule has 112 valence electrons. The van der Waals surface area contributed by atoms with E-state index in [1.807, 2.05) is 0 Å². The van der Waals surface area contributed by atoms with Gasteiger partial charge in [-0.15, -0.1) is 0 Å². The first-order chi connectivity index (χ1) is 9.16. The fraction of sp³-hybridized carbons (Fsp3) is 0.417. The number of carboxylic acid groups (broad SMARTS) is 1. The molecule has 1 aromatic carbocycles. The molecular formula is C12H15Br2NO4S. The second-order valence-electron chi connectivity index (χ2n) is 4.43. The molecule has 0 saturated heterocycles. The first-order valence-electron chi connectivity index (χ1n) is 5.85. The second-order valence-corrected chi connectivity index (χ2v) is 8.06. The number of carbonyl (C=O) groups is 1. The molecule has 0 radical (unpaired) electrons. The first-order valence-corrected chi connectivity index (χ1v) is 8.87. The van der Waals surface area contributed by atoms with Crippen LogP contribution in [0, 0.1) is 0 Å². The van der Waals surface area contributed by atoms with Crippen LogP contribution in [0.25, 0.3) is 0 Å². The molecule has 1 N–H and O–H groups in total. The second kappa shape index (κ2) is 7.02. The monoisotopic (exact) mass is 427 g/mol. The van der Waals surface area contributed by atoms with Gasteiger partial charge < -0.3 is 5.11 Å². The van der Waals surface area contributed by atoms with Crippen LogP contribution >= 0.6 is 31.9 Å². The van der Waals surface area contributed by atoms with E-state index in [4.69, 9.17) is 5.11 Å². The lowest BCUT2D eigenvalue weighted by Gasteiger charge is -2.25. The van der Waals surface area contributed by atoms with Crippen molar-refractivity contribution in [2.45, 2.75) is 31.2 Å². The third-order valence-corrected chi connectivity index (χ3v) is 6.15. The van der Waals surface area contributed by atoms with E-state index in [9.17, 15) is 13.2 Å². The van der Waals surface area contributed by atoms with Gasteiger partial charge in [-0.25, -0.2) is 8.42 Å². The summed E-state index contributed by atoms with van der Waals surface area (Å²) >= 11 is 6.49. The van der Waals surface area contributed by atoms with Crippen LogP contribution in [0.1, 0.15) is 20.3 Å². The van der Waals surface area contributed by atoms with Crippen molar-refractivity contribution in [3.63, 3.8) is 0 Å². The molecule has 8 heteroatoms. The minimum Gasteiger partial charge on any atom is -0.481 e. The van der Waals surface area contributed by atoms with Gasteiger partial charge in [0.15, 0.2) is 0 Å². The van der Waals surface area contributed by atoms with Crippen molar-refractivity contribution in [1.82, 2.24) is 4.31 Å². The van der Waals surface area contributed by atoms with Crippen molar-refractivity contribution in [2.75, 3.05) is 6.54 Å². The van der Waals surface area contributed by atoms with Crippen LogP contribution in [0.5, 0.6) is 0 Å². The van der Waals surface area contributed by atoms with Crippen LogP contribution in [0.3, 0.4) is 0 Å². The highest BCUT2D eigenvalue weighted by Gasteiger charge is 2.29. The molecule has 0 aromatic heterocycles. The predicted octanol–water partition coefficient (Wildman–Crippen LogP) is 3.09. The Labute approximate surface area is 135 Å². The topological polar surface area (TPSA) is 74.7 Å². The lowest BCUT2D eigenvalue weighted by atomic mass is 10.3. The summed E-state index contributed by atoms with van der Waals surface area (Å²) < 4.78 is 27.6. The molecule has 0 unspecified atom stereocenters. The van der Waals surface area contributed by atoms with E-state index in [1.54, 1.807) is 26.0 Å². The van der Waals surface area contributed by atoms with Gasteiger partial charge >= 0.3 is 5.97 Å². The van der Waals surface area contributed by atoms with E-state index in [0.29, 0.717) is 4.47 Å². The molecule has 0 aliphatic rings. The van der Waals surface area contributed by atoms with Gasteiger partial charge in [0, 0.05) is 21.5 Å². The number of rotatable bonds is 6. The molecule has 20 heavy (non-hydrogen) atoms. The smallest absolute Gasteiger partial charge is 0.304 e. The van der Waals surface area contributed by atoms with E-state index < -0.39 is 16.0 Å². The maximum absolute atomic E-state index is 12.6. The van der Waals surface area contributed by atoms with Crippen molar-refractivity contribution in [1.29, 1.82) is 0 Å². The van der Waals surface area contributed by atoms with Gasteiger partial charge in [0.05, 0.1) is 11.3 Å². The minimum atomic E-state index is -3.74. The molecular weight excluding hydrogens is 414 g/mol. The summed E-state index contributed by atoms with van der Waals surface area (Å²) in [6.45, 7) is 3.37. The van der Waals surface area contributed by atoms with Crippen LogP contribution in [-0.2, 0) is 14.8 Å². The Morgan fingerprint density at radius 2 is 1.95 bits per heavy atom. The molecule has 0 heterocycles. The van der Waals surface area contributed by atoms with Crippen LogP contribution in [0.15, 0.2) is 32.0 Å². The molecule has 5 nitrogen and oxygen atoms in total. The SMILES string of the molecule is CC(C)N(CCC(=O)O)S(=O)(=O)c1ccc(Br)cc1Br. The molecule has 0 saturated carbocycles. The fourth-order valence-electron chi connectivity index (χ4n) is 1.67. The van der Waals surface area contributed by atoms with Crippen molar-refractivity contribution in [3.8, 4) is 0 Å². The molecule has 0 amide bonds. The Bertz CT molecular complexity index is 601. The number of hydrogen-bond donors (Lipinski definition) is 1. The number of carboxylic acids is 1. The van der Waals surface area contributed by atoms with E-state index in [2.05, 4.69) is 31.9 Å². The zero-order valence-corrected chi connectivity index (χ0v) is 15.0. The quantitative estimate of drug-likeness (QED) is 0.755. The molecule has 0 fully saturated rings. The highest BCUT2D eigenvalue weighted by molar-refractivity contribution is 9.11. The van der Waals surface area contributed by atoms with Gasteiger partial charge in [-0.3, -0.25) is 4.79 Å². The Balaban J connectivity index is 3.19. The van der Waals surface area contributed by atoms with E-state index in [1.165, 1.54) is 10.4 Å². The Kier molecular flexibility index (Phi) is 6.18. The average molecular weight is 429 g/mol. The molecule has 0 aliphatic heterocycles. The highest BCUT2D eigenvalue weighted by atomic mass is 79.9. The van der Waals surface area contributed by atoms with Gasteiger partial charge in [0.2, 0.25) is 10.0 Å². The molecule has 0 spiro atoms. The molecule has 1 aromatic rings. The van der Waals surface area contributed by atoms with Crippen LogP contribution in [0.4, 0.5) is 0 Å². The number of halogens is 2. The van der Waals surface area contributed by atoms with E-state index >= 15 is 0 Å². The average Bonchev–Trinajstić information content (AvgIpc) is 2.26. The van der Waals surface area contributed by atoms with Gasteiger partial charge in [-0.2, -0.15) is 4.31 Å². The maximum Gasteiger partial charge on any atom is 0.304 e. The summed E-state index contributed by atoms with van der Waals surface area (Å²) in [6.07, 6.45) is -0.231. The zero-order chi connectivity index (χ0) is 15.5. The van der Waals surface area contributed by atoms with E-state index in [-0.39, 0.29) is 23.9 Å². The van der Waals surface area contributed by atoms with Crippen LogP contribution in [0.2, 0.25) is 0 Å². The van der Waals surface area contributed by atoms with Gasteiger partial charge in [-0.05, 0) is 48.0 Å². The maximum atomic E-state index is 12.6. The Hall–Kier alpha value is -0.440. The summed E-state index contributed by atoms with van der Waals surface area (Å²) in [5.74, 6) is -1.03. The summed E-state index contributed by atoms with van der Waals surface area (Å²) in [4.78, 5) is 10.8. The lowest BCUT2D eigenvalue weighted by Crippen LogP contribution is -2.38. The summed E-state index contributed by atoms with van der Waals surface area (Å²) in [6, 6.07) is 4.44. The number of hydrogen-bond acceptors (Lipinski definition) is 3. The van der Waals surface area contributed by atoms with Crippen LogP contribution < -0.4 is 0 Å². The standard InChI is InChI=1S/C12H15Br2NO4S/c1-8(2)15(6-5-12(16)17)20(18,19)11-4-3-9(13)7-10(11)14/h3-4,7-8H,5-6H2,1-2H3,(H,16,17). The van der Waals surface area contributed by atoms with Crippen molar-refractivity contribution in [2.24, 2.45) is 0 Å². The van der Waals surface area contributed by atoms with Crippen molar-refractivity contribution < 1.29 is 18.3 Å². The number of aliphatic carboxylic acids is 1. The number of benzene rings is 1. The zero-order valence-electron chi connectivity index (χ0n) is 11.0. The fourth-order valence-corrected chi connectivity index (χ4v) is 5.02. The molecule has 0 bridgehead atoms. The first kappa shape index (κ1) is 17.6. The van der Waals surface area contributed by atoms with E-state index in [0.717, 1.165) is 4.47 Å². The lowest BCUT2D eigenvalue weighted by molar-refractivity contribution is -0.137. The molecule has 0 atom stereocenters. The van der Waals surface area contributed by atoms with Gasteiger partial charge in [-0.1, -0.05) is 15.9 Å². The Morgan fingerprint density at radius 1 is 1.35 bits per heavy atom.